The minimum absolute atomic E-state index is 0.0730. The van der Waals surface area contributed by atoms with Crippen molar-refractivity contribution in [3.63, 3.8) is 0 Å². The molecular weight excluding hydrogens is 200 g/mol. The summed E-state index contributed by atoms with van der Waals surface area (Å²) < 4.78 is 14.3. The Morgan fingerprint density at radius 1 is 1.00 bits per heavy atom. The van der Waals surface area contributed by atoms with Crippen LogP contribution in [0, 0.1) is 0 Å². The van der Waals surface area contributed by atoms with E-state index in [0.29, 0.717) is 0 Å². The monoisotopic (exact) mass is 218 g/mol. The van der Waals surface area contributed by atoms with Crippen LogP contribution in [0.2, 0.25) is 0 Å². The summed E-state index contributed by atoms with van der Waals surface area (Å²) in [6.45, 7) is 3.42. The first kappa shape index (κ1) is 13.9. The lowest BCUT2D eigenvalue weighted by atomic mass is 10.2. The van der Waals surface area contributed by atoms with Crippen LogP contribution in [0.4, 0.5) is 0 Å². The number of carbonyl (C=O) groups excluding carboxylic acids is 2. The first-order chi connectivity index (χ1) is 6.99. The SMILES string of the molecule is COC(=O)CC(C)OC(=O)CC(C)OC. The standard InChI is InChI=1S/C10H18O5/c1-7(13-3)5-10(12)15-8(2)6-9(11)14-4/h7-8H,5-6H2,1-4H3. The highest BCUT2D eigenvalue weighted by atomic mass is 16.6. The lowest BCUT2D eigenvalue weighted by Crippen LogP contribution is -2.22. The number of hydrogen-bond donors (Lipinski definition) is 0. The van der Waals surface area contributed by atoms with Gasteiger partial charge in [-0.3, -0.25) is 9.59 Å². The molecule has 2 unspecified atom stereocenters. The van der Waals surface area contributed by atoms with E-state index in [4.69, 9.17) is 9.47 Å². The molecule has 0 radical (unpaired) electrons. The molecule has 15 heavy (non-hydrogen) atoms. The maximum Gasteiger partial charge on any atom is 0.309 e. The van der Waals surface area contributed by atoms with Crippen molar-refractivity contribution in [2.75, 3.05) is 14.2 Å². The van der Waals surface area contributed by atoms with Gasteiger partial charge in [-0.1, -0.05) is 0 Å². The fraction of sp³-hybridized carbons (Fsp3) is 0.800. The number of ether oxygens (including phenoxy) is 3. The molecular formula is C10H18O5. The van der Waals surface area contributed by atoms with Crippen LogP contribution in [0.1, 0.15) is 26.7 Å². The second kappa shape index (κ2) is 7.23. The molecule has 0 aromatic carbocycles. The molecule has 0 spiro atoms. The second-order valence-corrected chi connectivity index (χ2v) is 3.33. The van der Waals surface area contributed by atoms with E-state index in [0.717, 1.165) is 0 Å². The quantitative estimate of drug-likeness (QED) is 0.620. The van der Waals surface area contributed by atoms with Gasteiger partial charge in [-0.25, -0.2) is 0 Å². The third-order valence-electron chi connectivity index (χ3n) is 1.87. The Hall–Kier alpha value is -1.10. The minimum atomic E-state index is -0.464. The molecule has 0 aliphatic rings. The van der Waals surface area contributed by atoms with Crippen LogP contribution in [0.15, 0.2) is 0 Å². The molecule has 0 saturated carbocycles. The van der Waals surface area contributed by atoms with Gasteiger partial charge in [0.15, 0.2) is 0 Å². The summed E-state index contributed by atoms with van der Waals surface area (Å²) in [7, 11) is 2.82. The zero-order valence-corrected chi connectivity index (χ0v) is 9.61. The number of rotatable bonds is 6. The molecule has 2 atom stereocenters. The van der Waals surface area contributed by atoms with Crippen LogP contribution >= 0.6 is 0 Å². The molecule has 88 valence electrons. The van der Waals surface area contributed by atoms with Crippen molar-refractivity contribution >= 4 is 11.9 Å². The molecule has 0 aromatic heterocycles. The third-order valence-corrected chi connectivity index (χ3v) is 1.87. The van der Waals surface area contributed by atoms with Crippen molar-refractivity contribution in [2.45, 2.75) is 38.9 Å². The Balaban J connectivity index is 3.81. The van der Waals surface area contributed by atoms with Crippen LogP contribution in [0.5, 0.6) is 0 Å². The maximum absolute atomic E-state index is 11.2. The molecule has 0 rings (SSSR count). The van der Waals surface area contributed by atoms with Gasteiger partial charge in [0.2, 0.25) is 0 Å². The largest absolute Gasteiger partial charge is 0.469 e. The maximum atomic E-state index is 11.2. The Morgan fingerprint density at radius 2 is 1.53 bits per heavy atom. The number of esters is 2. The van der Waals surface area contributed by atoms with E-state index in [1.807, 2.05) is 0 Å². The number of methoxy groups -OCH3 is 2. The summed E-state index contributed by atoms with van der Waals surface area (Å²) in [4.78, 5) is 22.1. The first-order valence-electron chi connectivity index (χ1n) is 4.78. The van der Waals surface area contributed by atoms with Crippen LogP contribution in [-0.2, 0) is 23.8 Å². The van der Waals surface area contributed by atoms with Crippen molar-refractivity contribution in [1.29, 1.82) is 0 Å². The highest BCUT2D eigenvalue weighted by molar-refractivity contribution is 5.72. The molecule has 0 heterocycles. The average Bonchev–Trinajstić information content (AvgIpc) is 2.16. The fourth-order valence-electron chi connectivity index (χ4n) is 0.950. The molecule has 0 amide bonds. The van der Waals surface area contributed by atoms with Gasteiger partial charge in [-0.2, -0.15) is 0 Å². The number of carbonyl (C=O) groups is 2. The van der Waals surface area contributed by atoms with Crippen LogP contribution in [0.3, 0.4) is 0 Å². The minimum Gasteiger partial charge on any atom is -0.469 e. The molecule has 0 aliphatic carbocycles. The molecule has 0 fully saturated rings. The van der Waals surface area contributed by atoms with Gasteiger partial charge < -0.3 is 14.2 Å². The Labute approximate surface area is 89.7 Å². The van der Waals surface area contributed by atoms with E-state index in [1.54, 1.807) is 13.8 Å². The average molecular weight is 218 g/mol. The molecule has 5 heteroatoms. The van der Waals surface area contributed by atoms with Gasteiger partial charge in [0.1, 0.15) is 6.10 Å². The summed E-state index contributed by atoms with van der Waals surface area (Å²) in [5.41, 5.74) is 0. The topological polar surface area (TPSA) is 61.8 Å². The molecule has 0 bridgehead atoms. The van der Waals surface area contributed by atoms with Crippen LogP contribution < -0.4 is 0 Å². The third kappa shape index (κ3) is 6.90. The zero-order valence-electron chi connectivity index (χ0n) is 9.61. The Morgan fingerprint density at radius 3 is 2.00 bits per heavy atom. The number of hydrogen-bond acceptors (Lipinski definition) is 5. The van der Waals surface area contributed by atoms with Gasteiger partial charge >= 0.3 is 11.9 Å². The van der Waals surface area contributed by atoms with Gasteiger partial charge in [0, 0.05) is 7.11 Å². The van der Waals surface area contributed by atoms with E-state index in [-0.39, 0.29) is 24.9 Å². The Bertz CT molecular complexity index is 214. The lowest BCUT2D eigenvalue weighted by Gasteiger charge is -2.13. The summed E-state index contributed by atoms with van der Waals surface area (Å²) >= 11 is 0. The summed E-state index contributed by atoms with van der Waals surface area (Å²) in [6.07, 6.45) is -0.386. The van der Waals surface area contributed by atoms with E-state index in [1.165, 1.54) is 14.2 Å². The smallest absolute Gasteiger partial charge is 0.309 e. The summed E-state index contributed by atoms with van der Waals surface area (Å²) in [5.74, 6) is -0.768. The normalized spacial score (nSPS) is 14.1. The van der Waals surface area contributed by atoms with Crippen molar-refractivity contribution in [3.05, 3.63) is 0 Å². The first-order valence-corrected chi connectivity index (χ1v) is 4.78. The Kier molecular flexibility index (Phi) is 6.70. The van der Waals surface area contributed by atoms with E-state index >= 15 is 0 Å². The van der Waals surface area contributed by atoms with E-state index in [9.17, 15) is 9.59 Å². The summed E-state index contributed by atoms with van der Waals surface area (Å²) in [5, 5.41) is 0. The van der Waals surface area contributed by atoms with Gasteiger partial charge in [0.05, 0.1) is 26.1 Å². The van der Waals surface area contributed by atoms with Gasteiger partial charge in [-0.15, -0.1) is 0 Å². The van der Waals surface area contributed by atoms with Crippen molar-refractivity contribution in [2.24, 2.45) is 0 Å². The zero-order chi connectivity index (χ0) is 11.8. The predicted octanol–water partition coefficient (Wildman–Crippen LogP) is 0.906. The molecule has 0 saturated heterocycles. The second-order valence-electron chi connectivity index (χ2n) is 3.33. The van der Waals surface area contributed by atoms with Gasteiger partial charge in [0.25, 0.3) is 0 Å². The van der Waals surface area contributed by atoms with E-state index in [2.05, 4.69) is 4.74 Å². The highest BCUT2D eigenvalue weighted by Gasteiger charge is 2.15. The van der Waals surface area contributed by atoms with Crippen molar-refractivity contribution < 1.29 is 23.8 Å². The van der Waals surface area contributed by atoms with Crippen LogP contribution in [0.25, 0.3) is 0 Å². The van der Waals surface area contributed by atoms with Crippen LogP contribution in [-0.4, -0.2) is 38.4 Å². The fourth-order valence-corrected chi connectivity index (χ4v) is 0.950. The van der Waals surface area contributed by atoms with E-state index < -0.39 is 12.1 Å². The molecule has 5 nitrogen and oxygen atoms in total. The van der Waals surface area contributed by atoms with Crippen molar-refractivity contribution in [1.82, 2.24) is 0 Å². The predicted molar refractivity (Wildman–Crippen MR) is 53.3 cm³/mol. The molecule has 0 N–H and O–H groups in total. The highest BCUT2D eigenvalue weighted by Crippen LogP contribution is 2.04. The lowest BCUT2D eigenvalue weighted by molar-refractivity contribution is -0.154. The van der Waals surface area contributed by atoms with Gasteiger partial charge in [-0.05, 0) is 13.8 Å². The summed E-state index contributed by atoms with van der Waals surface area (Å²) in [6, 6.07) is 0. The molecule has 0 aliphatic heterocycles. The molecule has 0 aromatic rings. The van der Waals surface area contributed by atoms with Crippen molar-refractivity contribution in [3.8, 4) is 0 Å².